The smallest absolute Gasteiger partial charge is 0.323 e. The van der Waals surface area contributed by atoms with Gasteiger partial charge in [-0.25, -0.2) is 4.79 Å². The average Bonchev–Trinajstić information content (AvgIpc) is 2.82. The first-order valence-corrected chi connectivity index (χ1v) is 12.3. The summed E-state index contributed by atoms with van der Waals surface area (Å²) in [6.07, 6.45) is 6.52. The van der Waals surface area contributed by atoms with Crippen molar-refractivity contribution in [1.82, 2.24) is 4.90 Å². The highest BCUT2D eigenvalue weighted by Crippen LogP contribution is 2.22. The molecule has 3 amide bonds. The second-order valence-electron chi connectivity index (χ2n) is 8.62. The zero-order chi connectivity index (χ0) is 23.6. The zero-order valence-corrected chi connectivity index (χ0v) is 20.5. The van der Waals surface area contributed by atoms with Crippen LogP contribution < -0.4 is 15.5 Å². The van der Waals surface area contributed by atoms with Crippen LogP contribution >= 0.6 is 11.6 Å². The Bertz CT molecular complexity index is 924. The molecule has 0 unspecified atom stereocenters. The maximum atomic E-state index is 12.4. The van der Waals surface area contributed by atoms with Crippen LogP contribution in [0.1, 0.15) is 51.0 Å². The summed E-state index contributed by atoms with van der Waals surface area (Å²) in [5.41, 5.74) is 3.42. The fraction of sp³-hybridized carbons (Fsp3) is 0.462. The Labute approximate surface area is 202 Å². The van der Waals surface area contributed by atoms with Gasteiger partial charge in [0, 0.05) is 54.7 Å². The minimum absolute atomic E-state index is 0.284. The van der Waals surface area contributed by atoms with Gasteiger partial charge in [0.05, 0.1) is 0 Å². The summed E-state index contributed by atoms with van der Waals surface area (Å²) in [6.45, 7) is 7.28. The minimum Gasteiger partial charge on any atom is -0.368 e. The molecule has 0 saturated carbocycles. The highest BCUT2D eigenvalue weighted by atomic mass is 35.5. The van der Waals surface area contributed by atoms with Gasteiger partial charge in [0.1, 0.15) is 0 Å². The van der Waals surface area contributed by atoms with Gasteiger partial charge in [0.25, 0.3) is 0 Å². The first-order valence-electron chi connectivity index (χ1n) is 11.9. The first kappa shape index (κ1) is 24.9. The van der Waals surface area contributed by atoms with Crippen LogP contribution in [0.2, 0.25) is 5.02 Å². The molecule has 0 bridgehead atoms. The highest BCUT2D eigenvalue weighted by molar-refractivity contribution is 6.31. The van der Waals surface area contributed by atoms with Crippen molar-refractivity contribution in [3.63, 3.8) is 0 Å². The quantitative estimate of drug-likeness (QED) is 0.422. The maximum absolute atomic E-state index is 12.4. The molecule has 33 heavy (non-hydrogen) atoms. The molecular weight excluding hydrogens is 436 g/mol. The van der Waals surface area contributed by atoms with Crippen molar-refractivity contribution in [3.8, 4) is 0 Å². The molecule has 0 spiro atoms. The lowest BCUT2D eigenvalue weighted by Gasteiger charge is -2.36. The maximum Gasteiger partial charge on any atom is 0.323 e. The van der Waals surface area contributed by atoms with Crippen LogP contribution in [0.3, 0.4) is 0 Å². The number of halogens is 1. The number of piperazine rings is 1. The van der Waals surface area contributed by atoms with Gasteiger partial charge < -0.3 is 20.4 Å². The molecule has 1 heterocycles. The van der Waals surface area contributed by atoms with Gasteiger partial charge in [0.2, 0.25) is 5.91 Å². The second-order valence-corrected chi connectivity index (χ2v) is 9.03. The lowest BCUT2D eigenvalue weighted by molar-refractivity contribution is -0.131. The van der Waals surface area contributed by atoms with Gasteiger partial charge in [-0.05, 0) is 55.3 Å². The van der Waals surface area contributed by atoms with Gasteiger partial charge in [-0.15, -0.1) is 0 Å². The van der Waals surface area contributed by atoms with E-state index in [4.69, 9.17) is 11.6 Å². The number of urea groups is 1. The largest absolute Gasteiger partial charge is 0.368 e. The molecule has 0 radical (unpaired) electrons. The van der Waals surface area contributed by atoms with Crippen molar-refractivity contribution in [2.45, 2.75) is 52.4 Å². The van der Waals surface area contributed by atoms with Crippen LogP contribution in [-0.2, 0) is 4.79 Å². The van der Waals surface area contributed by atoms with E-state index in [1.54, 1.807) is 6.07 Å². The van der Waals surface area contributed by atoms with E-state index in [1.165, 1.54) is 19.3 Å². The Kier molecular flexibility index (Phi) is 9.43. The summed E-state index contributed by atoms with van der Waals surface area (Å²) in [6, 6.07) is 12.9. The third kappa shape index (κ3) is 7.67. The molecule has 7 heteroatoms. The number of rotatable bonds is 9. The Morgan fingerprint density at radius 1 is 0.879 bits per heavy atom. The van der Waals surface area contributed by atoms with E-state index < -0.39 is 0 Å². The summed E-state index contributed by atoms with van der Waals surface area (Å²) < 4.78 is 0. The number of hydrogen-bond acceptors (Lipinski definition) is 3. The molecule has 0 aliphatic carbocycles. The van der Waals surface area contributed by atoms with Crippen molar-refractivity contribution < 1.29 is 9.59 Å². The van der Waals surface area contributed by atoms with E-state index >= 15 is 0 Å². The number of carbonyl (C=O) groups excluding carboxylic acids is 2. The number of carbonyl (C=O) groups is 2. The number of benzene rings is 2. The molecule has 6 nitrogen and oxygen atoms in total. The molecule has 2 aromatic rings. The molecule has 3 rings (SSSR count). The van der Waals surface area contributed by atoms with Crippen LogP contribution in [0, 0.1) is 6.92 Å². The van der Waals surface area contributed by atoms with Crippen molar-refractivity contribution >= 4 is 40.6 Å². The lowest BCUT2D eigenvalue weighted by atomic mass is 10.1. The minimum atomic E-state index is -0.315. The Morgan fingerprint density at radius 3 is 2.18 bits per heavy atom. The van der Waals surface area contributed by atoms with Gasteiger partial charge in [0.15, 0.2) is 0 Å². The van der Waals surface area contributed by atoms with E-state index in [9.17, 15) is 9.59 Å². The van der Waals surface area contributed by atoms with Crippen LogP contribution in [0.15, 0.2) is 42.5 Å². The number of amides is 3. The van der Waals surface area contributed by atoms with E-state index in [0.717, 1.165) is 50.3 Å². The standard InChI is InChI=1S/C26H35ClN4O2/c1-3-4-5-6-7-8-25(32)31-17-15-30(16-18-31)23-13-11-21(12-14-23)28-26(33)29-22-10-9-20(2)24(27)19-22/h9-14,19H,3-8,15-18H2,1-2H3,(H2,28,29,33). The summed E-state index contributed by atoms with van der Waals surface area (Å²) >= 11 is 6.12. The fourth-order valence-electron chi connectivity index (χ4n) is 3.97. The topological polar surface area (TPSA) is 64.7 Å². The summed E-state index contributed by atoms with van der Waals surface area (Å²) in [4.78, 5) is 29.0. The van der Waals surface area contributed by atoms with Gasteiger partial charge in [-0.3, -0.25) is 4.79 Å². The molecular formula is C26H35ClN4O2. The molecule has 1 saturated heterocycles. The van der Waals surface area contributed by atoms with Crippen molar-refractivity contribution in [2.24, 2.45) is 0 Å². The van der Waals surface area contributed by atoms with Crippen molar-refractivity contribution in [2.75, 3.05) is 41.7 Å². The van der Waals surface area contributed by atoms with E-state index in [2.05, 4.69) is 22.5 Å². The van der Waals surface area contributed by atoms with Crippen LogP contribution in [0.4, 0.5) is 21.9 Å². The van der Waals surface area contributed by atoms with E-state index in [1.807, 2.05) is 48.2 Å². The molecule has 1 fully saturated rings. The van der Waals surface area contributed by atoms with Gasteiger partial charge in [-0.1, -0.05) is 50.3 Å². The molecule has 0 atom stereocenters. The number of nitrogens with zero attached hydrogens (tertiary/aromatic N) is 2. The summed E-state index contributed by atoms with van der Waals surface area (Å²) in [5.74, 6) is 0.284. The van der Waals surface area contributed by atoms with Crippen molar-refractivity contribution in [3.05, 3.63) is 53.1 Å². The lowest BCUT2D eigenvalue weighted by Crippen LogP contribution is -2.48. The number of aryl methyl sites for hydroxylation is 1. The average molecular weight is 471 g/mol. The van der Waals surface area contributed by atoms with E-state index in [0.29, 0.717) is 22.8 Å². The summed E-state index contributed by atoms with van der Waals surface area (Å²) in [5, 5.41) is 6.25. The van der Waals surface area contributed by atoms with Crippen LogP contribution in [-0.4, -0.2) is 43.0 Å². The molecule has 1 aliphatic heterocycles. The molecule has 2 N–H and O–H groups in total. The Balaban J connectivity index is 1.42. The molecule has 1 aliphatic rings. The van der Waals surface area contributed by atoms with Gasteiger partial charge >= 0.3 is 6.03 Å². The molecule has 178 valence electrons. The number of anilines is 3. The third-order valence-electron chi connectivity index (χ3n) is 6.05. The van der Waals surface area contributed by atoms with E-state index in [-0.39, 0.29) is 11.9 Å². The number of nitrogens with one attached hydrogen (secondary N) is 2. The van der Waals surface area contributed by atoms with Crippen molar-refractivity contribution in [1.29, 1.82) is 0 Å². The Hall–Kier alpha value is -2.73. The fourth-order valence-corrected chi connectivity index (χ4v) is 4.15. The van der Waals surface area contributed by atoms with Gasteiger partial charge in [-0.2, -0.15) is 0 Å². The summed E-state index contributed by atoms with van der Waals surface area (Å²) in [7, 11) is 0. The third-order valence-corrected chi connectivity index (χ3v) is 6.45. The monoisotopic (exact) mass is 470 g/mol. The first-order chi connectivity index (χ1) is 16.0. The predicted octanol–water partition coefficient (Wildman–Crippen LogP) is 6.30. The van der Waals surface area contributed by atoms with Crippen LogP contribution in [0.5, 0.6) is 0 Å². The number of hydrogen-bond donors (Lipinski definition) is 2. The predicted molar refractivity (Wildman–Crippen MR) is 137 cm³/mol. The van der Waals surface area contributed by atoms with Crippen LogP contribution in [0.25, 0.3) is 0 Å². The molecule has 0 aromatic heterocycles. The highest BCUT2D eigenvalue weighted by Gasteiger charge is 2.21. The SMILES string of the molecule is CCCCCCCC(=O)N1CCN(c2ccc(NC(=O)Nc3ccc(C)c(Cl)c3)cc2)CC1. The molecule has 2 aromatic carbocycles. The second kappa shape index (κ2) is 12.5. The zero-order valence-electron chi connectivity index (χ0n) is 19.7. The number of unbranched alkanes of at least 4 members (excludes halogenated alkanes) is 4. The Morgan fingerprint density at radius 2 is 1.52 bits per heavy atom. The normalized spacial score (nSPS) is 13.7.